The minimum atomic E-state index is -1.27. The number of nitrogens with one attached hydrogen (secondary N) is 2. The van der Waals surface area contributed by atoms with Gasteiger partial charge in [-0.25, -0.2) is 9.59 Å². The van der Waals surface area contributed by atoms with E-state index in [2.05, 4.69) is 5.32 Å². The average Bonchev–Trinajstić information content (AvgIpc) is 2.57. The van der Waals surface area contributed by atoms with Crippen LogP contribution >= 0.6 is 0 Å². The Hall–Kier alpha value is -2.65. The van der Waals surface area contributed by atoms with E-state index in [0.717, 1.165) is 0 Å². The maximum Gasteiger partial charge on any atom is 0.327 e. The van der Waals surface area contributed by atoms with Crippen LogP contribution < -0.4 is 16.4 Å². The second-order valence-electron chi connectivity index (χ2n) is 5.95. The third-order valence-corrected chi connectivity index (χ3v) is 3.10. The Labute approximate surface area is 132 Å². The maximum atomic E-state index is 12.0. The van der Waals surface area contributed by atoms with Gasteiger partial charge in [0.25, 0.3) is 11.8 Å². The number of rotatable bonds is 5. The predicted molar refractivity (Wildman–Crippen MR) is 76.8 cm³/mol. The summed E-state index contributed by atoms with van der Waals surface area (Å²) >= 11 is 0. The lowest BCUT2D eigenvalue weighted by Gasteiger charge is -2.21. The molecule has 10 nitrogen and oxygen atoms in total. The van der Waals surface area contributed by atoms with Gasteiger partial charge in [0.2, 0.25) is 0 Å². The van der Waals surface area contributed by atoms with Gasteiger partial charge in [0.05, 0.1) is 0 Å². The molecule has 0 aromatic carbocycles. The molecule has 128 valence electrons. The van der Waals surface area contributed by atoms with E-state index in [1.807, 2.05) is 5.32 Å². The summed E-state index contributed by atoms with van der Waals surface area (Å²) < 4.78 is 4.97. The van der Waals surface area contributed by atoms with Crippen molar-refractivity contribution in [3.05, 3.63) is 0 Å². The van der Waals surface area contributed by atoms with E-state index < -0.39 is 54.0 Å². The Bertz CT molecular complexity index is 557. The predicted octanol–water partition coefficient (Wildman–Crippen LogP) is -0.920. The molecular weight excluding hydrogens is 308 g/mol. The van der Waals surface area contributed by atoms with E-state index in [4.69, 9.17) is 10.5 Å². The highest BCUT2D eigenvalue weighted by atomic mass is 16.5. The van der Waals surface area contributed by atoms with Crippen molar-refractivity contribution >= 4 is 29.8 Å². The Morgan fingerprint density at radius 2 is 1.87 bits per heavy atom. The zero-order chi connectivity index (χ0) is 17.9. The third-order valence-electron chi connectivity index (χ3n) is 3.10. The Morgan fingerprint density at radius 1 is 1.30 bits per heavy atom. The minimum Gasteiger partial charge on any atom is -0.451 e. The van der Waals surface area contributed by atoms with Gasteiger partial charge in [-0.2, -0.15) is 0 Å². The molecule has 0 radical (unpaired) electrons. The second kappa shape index (κ2) is 6.63. The molecule has 1 aliphatic rings. The average molecular weight is 328 g/mol. The smallest absolute Gasteiger partial charge is 0.327 e. The number of hydrogen-bond donors (Lipinski definition) is 3. The summed E-state index contributed by atoms with van der Waals surface area (Å²) in [7, 11) is 0. The minimum absolute atomic E-state index is 0.446. The number of ether oxygens (including phenoxy) is 1. The van der Waals surface area contributed by atoms with E-state index in [9.17, 15) is 24.0 Å². The summed E-state index contributed by atoms with van der Waals surface area (Å²) in [5.74, 6) is -2.86. The van der Waals surface area contributed by atoms with E-state index in [1.165, 1.54) is 13.8 Å². The number of imide groups is 2. The number of esters is 1. The molecule has 0 aromatic heterocycles. The van der Waals surface area contributed by atoms with Crippen LogP contribution in [0.2, 0.25) is 0 Å². The molecule has 0 spiro atoms. The number of nitrogens with zero attached hydrogens (tertiary/aromatic N) is 1. The zero-order valence-electron chi connectivity index (χ0n) is 13.3. The van der Waals surface area contributed by atoms with E-state index in [1.54, 1.807) is 13.8 Å². The number of carbonyl (C=O) groups excluding carboxylic acids is 5. The normalized spacial score (nSPS) is 17.7. The summed E-state index contributed by atoms with van der Waals surface area (Å²) in [5.41, 5.74) is 3.73. The lowest BCUT2D eigenvalue weighted by molar-refractivity contribution is -0.159. The molecule has 1 rings (SSSR count). The lowest BCUT2D eigenvalue weighted by Crippen LogP contribution is -2.47. The fraction of sp³-hybridized carbons (Fsp3) is 0.615. The standard InChI is InChI=1S/C13H20N4O6/c1-6(2)8(9(19)15-11(14)21)23-7(18)5-17-10(20)13(3,4)16-12(17)22/h6,8H,5H2,1-4H3,(H,16,22)(H3,14,15,19,21)/t8-/m0/s1. The Morgan fingerprint density at radius 3 is 2.26 bits per heavy atom. The van der Waals surface area contributed by atoms with Crippen LogP contribution in [-0.2, 0) is 19.1 Å². The first kappa shape index (κ1) is 18.4. The number of carbonyl (C=O) groups is 5. The summed E-state index contributed by atoms with van der Waals surface area (Å²) in [4.78, 5) is 58.7. The highest BCUT2D eigenvalue weighted by Gasteiger charge is 2.45. The molecule has 0 saturated carbocycles. The SMILES string of the molecule is CC(C)[C@H](OC(=O)CN1C(=O)NC(C)(C)C1=O)C(=O)NC(N)=O. The molecule has 0 aliphatic carbocycles. The number of nitrogens with two attached hydrogens (primary N) is 1. The Balaban J connectivity index is 2.74. The summed E-state index contributed by atoms with van der Waals surface area (Å²) in [6.45, 7) is 5.54. The molecule has 1 heterocycles. The van der Waals surface area contributed by atoms with Crippen molar-refractivity contribution in [1.82, 2.24) is 15.5 Å². The maximum absolute atomic E-state index is 12.0. The van der Waals surface area contributed by atoms with Crippen molar-refractivity contribution in [3.63, 3.8) is 0 Å². The molecule has 10 heteroatoms. The lowest BCUT2D eigenvalue weighted by atomic mass is 10.1. The van der Waals surface area contributed by atoms with E-state index >= 15 is 0 Å². The van der Waals surface area contributed by atoms with Crippen LogP contribution in [0.1, 0.15) is 27.7 Å². The van der Waals surface area contributed by atoms with Crippen LogP contribution in [0, 0.1) is 5.92 Å². The van der Waals surface area contributed by atoms with Crippen molar-refractivity contribution in [2.75, 3.05) is 6.54 Å². The summed E-state index contributed by atoms with van der Waals surface area (Å²) in [5, 5.41) is 4.23. The van der Waals surface area contributed by atoms with Crippen LogP contribution in [0.4, 0.5) is 9.59 Å². The number of urea groups is 2. The largest absolute Gasteiger partial charge is 0.451 e. The van der Waals surface area contributed by atoms with Gasteiger partial charge >= 0.3 is 18.0 Å². The van der Waals surface area contributed by atoms with Gasteiger partial charge in [-0.3, -0.25) is 24.6 Å². The van der Waals surface area contributed by atoms with E-state index in [-0.39, 0.29) is 0 Å². The van der Waals surface area contributed by atoms with Crippen LogP contribution in [0.3, 0.4) is 0 Å². The number of hydrogen-bond acceptors (Lipinski definition) is 6. The van der Waals surface area contributed by atoms with E-state index in [0.29, 0.717) is 4.90 Å². The third kappa shape index (κ3) is 4.41. The molecular formula is C13H20N4O6. The van der Waals surface area contributed by atoms with Crippen LogP contribution in [-0.4, -0.2) is 52.9 Å². The zero-order valence-corrected chi connectivity index (χ0v) is 13.3. The molecule has 6 amide bonds. The highest BCUT2D eigenvalue weighted by molar-refractivity contribution is 6.08. The van der Waals surface area contributed by atoms with Gasteiger partial charge in [0.1, 0.15) is 12.1 Å². The van der Waals surface area contributed by atoms with Crippen LogP contribution in [0.15, 0.2) is 0 Å². The second-order valence-corrected chi connectivity index (χ2v) is 5.95. The summed E-state index contributed by atoms with van der Waals surface area (Å²) in [6.07, 6.45) is -1.27. The van der Waals surface area contributed by atoms with Crippen molar-refractivity contribution in [1.29, 1.82) is 0 Å². The quantitative estimate of drug-likeness (QED) is 0.439. The number of amides is 6. The molecule has 1 atom stereocenters. The summed E-state index contributed by atoms with van der Waals surface area (Å²) in [6, 6.07) is -1.80. The molecule has 0 aromatic rings. The van der Waals surface area contributed by atoms with Crippen molar-refractivity contribution < 1.29 is 28.7 Å². The topological polar surface area (TPSA) is 148 Å². The fourth-order valence-electron chi connectivity index (χ4n) is 1.95. The van der Waals surface area contributed by atoms with Crippen molar-refractivity contribution in [2.24, 2.45) is 11.7 Å². The number of primary amides is 1. The van der Waals surface area contributed by atoms with Gasteiger partial charge < -0.3 is 15.8 Å². The molecule has 0 unspecified atom stereocenters. The monoisotopic (exact) mass is 328 g/mol. The van der Waals surface area contributed by atoms with Gasteiger partial charge in [0.15, 0.2) is 6.10 Å². The highest BCUT2D eigenvalue weighted by Crippen LogP contribution is 2.17. The van der Waals surface area contributed by atoms with Gasteiger partial charge in [-0.15, -0.1) is 0 Å². The van der Waals surface area contributed by atoms with Crippen molar-refractivity contribution in [2.45, 2.75) is 39.3 Å². The molecule has 1 aliphatic heterocycles. The van der Waals surface area contributed by atoms with Crippen LogP contribution in [0.25, 0.3) is 0 Å². The molecule has 1 fully saturated rings. The first-order valence-corrected chi connectivity index (χ1v) is 6.89. The van der Waals surface area contributed by atoms with Gasteiger partial charge in [-0.05, 0) is 19.8 Å². The molecule has 4 N–H and O–H groups in total. The Kier molecular flexibility index (Phi) is 5.30. The van der Waals surface area contributed by atoms with Crippen LogP contribution in [0.5, 0.6) is 0 Å². The van der Waals surface area contributed by atoms with Crippen molar-refractivity contribution in [3.8, 4) is 0 Å². The van der Waals surface area contributed by atoms with Gasteiger partial charge in [0, 0.05) is 0 Å². The first-order chi connectivity index (χ1) is 10.5. The fourth-order valence-corrected chi connectivity index (χ4v) is 1.95. The van der Waals surface area contributed by atoms with Gasteiger partial charge in [-0.1, -0.05) is 13.8 Å². The first-order valence-electron chi connectivity index (χ1n) is 6.89. The molecule has 23 heavy (non-hydrogen) atoms. The molecule has 1 saturated heterocycles. The molecule has 0 bridgehead atoms.